The molecule has 0 spiro atoms. The largest absolute Gasteiger partial charge is 0.450 e. The van der Waals surface area contributed by atoms with Gasteiger partial charge >= 0.3 is 6.09 Å². The first-order valence-electron chi connectivity index (χ1n) is 4.37. The number of nitrogens with one attached hydrogen (secondary N) is 1. The molecule has 0 aliphatic carbocycles. The number of ether oxygens (including phenoxy) is 1. The van der Waals surface area contributed by atoms with Crippen molar-refractivity contribution < 1.29 is 13.7 Å². The van der Waals surface area contributed by atoms with Crippen LogP contribution in [0.25, 0.3) is 0 Å². The number of carbonyl (C=O) groups is 1. The van der Waals surface area contributed by atoms with Crippen molar-refractivity contribution in [1.29, 1.82) is 0 Å². The highest BCUT2D eigenvalue weighted by atomic mass is 32.2. The van der Waals surface area contributed by atoms with Crippen molar-refractivity contribution in [1.82, 2.24) is 5.32 Å². The van der Waals surface area contributed by atoms with Crippen molar-refractivity contribution >= 4 is 16.9 Å². The predicted molar refractivity (Wildman–Crippen MR) is 53.2 cm³/mol. The molecule has 0 heterocycles. The van der Waals surface area contributed by atoms with E-state index in [1.165, 1.54) is 0 Å². The van der Waals surface area contributed by atoms with Crippen LogP contribution in [0.4, 0.5) is 4.79 Å². The lowest BCUT2D eigenvalue weighted by Gasteiger charge is -2.04. The monoisotopic (exact) mass is 207 g/mol. The van der Waals surface area contributed by atoms with Crippen LogP contribution in [0.3, 0.4) is 0 Å². The summed E-state index contributed by atoms with van der Waals surface area (Å²) in [6.07, 6.45) is 3.07. The van der Waals surface area contributed by atoms with Gasteiger partial charge in [0.1, 0.15) is 0 Å². The van der Waals surface area contributed by atoms with E-state index in [4.69, 9.17) is 4.74 Å². The minimum absolute atomic E-state index is 0.411. The first-order valence-corrected chi connectivity index (χ1v) is 6.10. The molecule has 0 saturated carbocycles. The number of amides is 1. The summed E-state index contributed by atoms with van der Waals surface area (Å²) in [7, 11) is -0.860. The zero-order chi connectivity index (χ0) is 10.1. The van der Waals surface area contributed by atoms with E-state index in [9.17, 15) is 9.00 Å². The van der Waals surface area contributed by atoms with Gasteiger partial charge in [-0.05, 0) is 6.42 Å². The molecule has 78 valence electrons. The molecule has 0 bridgehead atoms. The van der Waals surface area contributed by atoms with Crippen LogP contribution >= 0.6 is 0 Å². The summed E-state index contributed by atoms with van der Waals surface area (Å²) < 4.78 is 15.4. The standard InChI is InChI=1S/C8H17NO3S/c1-3-4-6-12-8(10)9-5-7-13(2)11/h3-7H2,1-2H3,(H,9,10). The molecule has 1 atom stereocenters. The van der Waals surface area contributed by atoms with Gasteiger partial charge in [-0.25, -0.2) is 4.79 Å². The van der Waals surface area contributed by atoms with Gasteiger partial charge in [-0.15, -0.1) is 0 Å². The number of carbonyl (C=O) groups excluding carboxylic acids is 1. The van der Waals surface area contributed by atoms with Gasteiger partial charge < -0.3 is 10.1 Å². The molecular weight excluding hydrogens is 190 g/mol. The first-order chi connectivity index (χ1) is 6.16. The van der Waals surface area contributed by atoms with Gasteiger partial charge in [0.2, 0.25) is 0 Å². The Hall–Kier alpha value is -0.580. The Morgan fingerprint density at radius 1 is 1.54 bits per heavy atom. The molecule has 1 amide bonds. The number of rotatable bonds is 6. The Labute approximate surface area is 81.5 Å². The van der Waals surface area contributed by atoms with E-state index >= 15 is 0 Å². The van der Waals surface area contributed by atoms with Crippen LogP contribution in [0.1, 0.15) is 19.8 Å². The average Bonchev–Trinajstić information content (AvgIpc) is 2.04. The fraction of sp³-hybridized carbons (Fsp3) is 0.875. The van der Waals surface area contributed by atoms with E-state index in [2.05, 4.69) is 5.32 Å². The van der Waals surface area contributed by atoms with Crippen molar-refractivity contribution in [2.75, 3.05) is 25.2 Å². The Morgan fingerprint density at radius 3 is 2.77 bits per heavy atom. The van der Waals surface area contributed by atoms with E-state index in [1.807, 2.05) is 6.92 Å². The summed E-state index contributed by atoms with van der Waals surface area (Å²) in [4.78, 5) is 10.9. The van der Waals surface area contributed by atoms with E-state index < -0.39 is 16.9 Å². The average molecular weight is 207 g/mol. The van der Waals surface area contributed by atoms with E-state index in [0.717, 1.165) is 12.8 Å². The van der Waals surface area contributed by atoms with Gasteiger partial charge in [0.05, 0.1) is 6.61 Å². The van der Waals surface area contributed by atoms with Crippen molar-refractivity contribution in [3.8, 4) is 0 Å². The summed E-state index contributed by atoms with van der Waals surface area (Å²) in [6, 6.07) is 0. The molecule has 4 nitrogen and oxygen atoms in total. The number of hydrogen-bond donors (Lipinski definition) is 1. The maximum atomic E-state index is 10.9. The van der Waals surface area contributed by atoms with Crippen molar-refractivity contribution in [2.24, 2.45) is 0 Å². The van der Waals surface area contributed by atoms with Gasteiger partial charge in [0.25, 0.3) is 0 Å². The lowest BCUT2D eigenvalue weighted by molar-refractivity contribution is 0.145. The van der Waals surface area contributed by atoms with Gasteiger partial charge in [-0.3, -0.25) is 4.21 Å². The highest BCUT2D eigenvalue weighted by molar-refractivity contribution is 7.84. The highest BCUT2D eigenvalue weighted by Gasteiger charge is 2.00. The fourth-order valence-corrected chi connectivity index (χ4v) is 1.05. The van der Waals surface area contributed by atoms with Crippen LogP contribution in [-0.2, 0) is 15.5 Å². The molecule has 0 aromatic heterocycles. The van der Waals surface area contributed by atoms with Crippen LogP contribution < -0.4 is 5.32 Å². The first kappa shape index (κ1) is 12.4. The summed E-state index contributed by atoms with van der Waals surface area (Å²) in [5.74, 6) is 0.475. The lowest BCUT2D eigenvalue weighted by atomic mass is 10.4. The van der Waals surface area contributed by atoms with Gasteiger partial charge in [0, 0.05) is 29.4 Å². The maximum Gasteiger partial charge on any atom is 0.407 e. The molecule has 0 saturated heterocycles. The van der Waals surface area contributed by atoms with Gasteiger partial charge in [-0.1, -0.05) is 13.3 Å². The topological polar surface area (TPSA) is 55.4 Å². The molecule has 0 radical (unpaired) electrons. The molecule has 0 aliphatic rings. The molecular formula is C8H17NO3S. The van der Waals surface area contributed by atoms with Crippen LogP contribution in [0.2, 0.25) is 0 Å². The van der Waals surface area contributed by atoms with Crippen LogP contribution in [0.5, 0.6) is 0 Å². The van der Waals surface area contributed by atoms with Crippen LogP contribution in [0.15, 0.2) is 0 Å². The lowest BCUT2D eigenvalue weighted by Crippen LogP contribution is -2.28. The summed E-state index contributed by atoms with van der Waals surface area (Å²) in [5, 5.41) is 2.52. The van der Waals surface area contributed by atoms with E-state index in [-0.39, 0.29) is 0 Å². The quantitative estimate of drug-likeness (QED) is 0.658. The molecule has 0 aromatic rings. The van der Waals surface area contributed by atoms with Crippen molar-refractivity contribution in [2.45, 2.75) is 19.8 Å². The smallest absolute Gasteiger partial charge is 0.407 e. The molecule has 0 aliphatic heterocycles. The molecule has 1 unspecified atom stereocenters. The SMILES string of the molecule is CCCCOC(=O)NCCS(C)=O. The molecule has 1 N–H and O–H groups in total. The Kier molecular flexibility index (Phi) is 7.68. The third-order valence-corrected chi connectivity index (χ3v) is 2.17. The number of hydrogen-bond acceptors (Lipinski definition) is 3. The van der Waals surface area contributed by atoms with Crippen molar-refractivity contribution in [3.05, 3.63) is 0 Å². The number of unbranched alkanes of at least 4 members (excludes halogenated alkanes) is 1. The van der Waals surface area contributed by atoms with Gasteiger partial charge in [0.15, 0.2) is 0 Å². The molecule has 0 fully saturated rings. The Bertz CT molecular complexity index is 173. The second-order valence-electron chi connectivity index (χ2n) is 2.69. The Morgan fingerprint density at radius 2 is 2.23 bits per heavy atom. The third kappa shape index (κ3) is 9.33. The maximum absolute atomic E-state index is 10.9. The zero-order valence-corrected chi connectivity index (χ0v) is 8.99. The molecule has 0 aromatic carbocycles. The normalized spacial score (nSPS) is 12.2. The second-order valence-corrected chi connectivity index (χ2v) is 4.25. The zero-order valence-electron chi connectivity index (χ0n) is 8.17. The fourth-order valence-electron chi connectivity index (χ4n) is 0.657. The second kappa shape index (κ2) is 8.04. The van der Waals surface area contributed by atoms with Gasteiger partial charge in [-0.2, -0.15) is 0 Å². The predicted octanol–water partition coefficient (Wildman–Crippen LogP) is 0.891. The summed E-state index contributed by atoms with van der Waals surface area (Å²) >= 11 is 0. The minimum Gasteiger partial charge on any atom is -0.450 e. The third-order valence-electron chi connectivity index (χ3n) is 1.39. The summed E-state index contributed by atoms with van der Waals surface area (Å²) in [6.45, 7) is 2.90. The number of alkyl carbamates (subject to hydrolysis) is 1. The van der Waals surface area contributed by atoms with Crippen molar-refractivity contribution in [3.63, 3.8) is 0 Å². The minimum atomic E-state index is -0.860. The highest BCUT2D eigenvalue weighted by Crippen LogP contribution is 1.87. The molecule has 0 rings (SSSR count). The van der Waals surface area contributed by atoms with Crippen LogP contribution in [-0.4, -0.2) is 35.5 Å². The van der Waals surface area contributed by atoms with E-state index in [0.29, 0.717) is 18.9 Å². The molecule has 13 heavy (non-hydrogen) atoms. The Balaban J connectivity index is 3.25. The van der Waals surface area contributed by atoms with E-state index in [1.54, 1.807) is 6.26 Å². The summed E-state index contributed by atoms with van der Waals surface area (Å²) in [5.41, 5.74) is 0. The van der Waals surface area contributed by atoms with Crippen LogP contribution in [0, 0.1) is 0 Å². The molecule has 5 heteroatoms.